The standard InChI is InChI=1S/C27H36N6O4/c1-27(2,3)37-26(36)32-14-10-13-31(15-16-32)24-21(17-28)22(30(6)19-34)23(25(35)29(4)5)33(24)18-20-11-8-7-9-12-20/h7-9,11-12,19H,10,13-16,18H2,1-6H3. The number of carbonyl (C=O) groups excluding carboxylic acids is 3. The molecule has 1 aliphatic rings. The normalized spacial score (nSPS) is 14.0. The number of rotatable bonds is 6. The second kappa shape index (κ2) is 11.4. The molecule has 1 aromatic heterocycles. The van der Waals surface area contributed by atoms with Crippen LogP contribution in [0.3, 0.4) is 0 Å². The summed E-state index contributed by atoms with van der Waals surface area (Å²) in [5, 5.41) is 10.3. The van der Waals surface area contributed by atoms with Gasteiger partial charge in [0.05, 0.1) is 5.69 Å². The average molecular weight is 509 g/mol. The average Bonchev–Trinajstić information content (AvgIpc) is 2.98. The van der Waals surface area contributed by atoms with Gasteiger partial charge in [0, 0.05) is 53.9 Å². The van der Waals surface area contributed by atoms with Crippen molar-refractivity contribution >= 4 is 29.9 Å². The lowest BCUT2D eigenvalue weighted by atomic mass is 10.2. The van der Waals surface area contributed by atoms with Crippen LogP contribution in [0.4, 0.5) is 16.3 Å². The Labute approximate surface area is 218 Å². The van der Waals surface area contributed by atoms with Gasteiger partial charge in [-0.25, -0.2) is 4.79 Å². The van der Waals surface area contributed by atoms with Gasteiger partial charge in [-0.3, -0.25) is 9.59 Å². The van der Waals surface area contributed by atoms with Gasteiger partial charge in [-0.05, 0) is 32.8 Å². The van der Waals surface area contributed by atoms with E-state index < -0.39 is 5.60 Å². The molecule has 2 aromatic rings. The number of aromatic nitrogens is 1. The van der Waals surface area contributed by atoms with Crippen LogP contribution in [0.1, 0.15) is 48.8 Å². The Hall–Kier alpha value is -4.00. The van der Waals surface area contributed by atoms with Crippen LogP contribution in [-0.4, -0.2) is 85.7 Å². The summed E-state index contributed by atoms with van der Waals surface area (Å²) in [6.07, 6.45) is 0.877. The Bertz CT molecular complexity index is 1180. The van der Waals surface area contributed by atoms with Crippen molar-refractivity contribution in [2.75, 3.05) is 57.1 Å². The first kappa shape index (κ1) is 27.6. The second-order valence-corrected chi connectivity index (χ2v) is 10.3. The quantitative estimate of drug-likeness (QED) is 0.556. The summed E-state index contributed by atoms with van der Waals surface area (Å²) in [5.41, 5.74) is 1.14. The topological polar surface area (TPSA) is 102 Å². The Balaban J connectivity index is 2.13. The molecular formula is C27H36N6O4. The minimum atomic E-state index is -0.600. The maximum atomic E-state index is 13.5. The third kappa shape index (κ3) is 6.23. The third-order valence-electron chi connectivity index (χ3n) is 6.07. The van der Waals surface area contributed by atoms with Crippen molar-refractivity contribution in [2.45, 2.75) is 39.3 Å². The lowest BCUT2D eigenvalue weighted by molar-refractivity contribution is -0.107. The van der Waals surface area contributed by atoms with Crippen molar-refractivity contribution in [3.05, 3.63) is 47.2 Å². The first-order valence-corrected chi connectivity index (χ1v) is 12.3. The lowest BCUT2D eigenvalue weighted by Crippen LogP contribution is -2.39. The molecule has 0 spiro atoms. The Morgan fingerprint density at radius 2 is 1.76 bits per heavy atom. The first-order valence-electron chi connectivity index (χ1n) is 12.3. The van der Waals surface area contributed by atoms with Crippen LogP contribution >= 0.6 is 0 Å². The van der Waals surface area contributed by atoms with Crippen LogP contribution < -0.4 is 9.80 Å². The number of anilines is 2. The number of amides is 3. The molecule has 2 heterocycles. The predicted octanol–water partition coefficient (Wildman–Crippen LogP) is 3.15. The Morgan fingerprint density at radius 1 is 1.08 bits per heavy atom. The number of hydrogen-bond donors (Lipinski definition) is 0. The van der Waals surface area contributed by atoms with Crippen molar-refractivity contribution in [3.63, 3.8) is 0 Å². The van der Waals surface area contributed by atoms with Crippen molar-refractivity contribution in [3.8, 4) is 6.07 Å². The molecule has 1 aromatic carbocycles. The van der Waals surface area contributed by atoms with Crippen molar-refractivity contribution in [1.82, 2.24) is 14.4 Å². The van der Waals surface area contributed by atoms with E-state index in [1.54, 1.807) is 26.0 Å². The number of nitriles is 1. The van der Waals surface area contributed by atoms with Crippen LogP contribution in [0.2, 0.25) is 0 Å². The molecule has 1 saturated heterocycles. The third-order valence-corrected chi connectivity index (χ3v) is 6.07. The smallest absolute Gasteiger partial charge is 0.410 e. The van der Waals surface area contributed by atoms with Gasteiger partial charge in [0.1, 0.15) is 28.7 Å². The van der Waals surface area contributed by atoms with E-state index >= 15 is 0 Å². The molecule has 0 aliphatic carbocycles. The zero-order chi connectivity index (χ0) is 27.3. The van der Waals surface area contributed by atoms with Crippen LogP contribution in [0, 0.1) is 11.3 Å². The summed E-state index contributed by atoms with van der Waals surface area (Å²) in [6.45, 7) is 7.73. The highest BCUT2D eigenvalue weighted by Crippen LogP contribution is 2.38. The molecule has 3 amide bonds. The molecule has 0 bridgehead atoms. The number of hydrogen-bond acceptors (Lipinski definition) is 6. The molecule has 1 aliphatic heterocycles. The van der Waals surface area contributed by atoms with Gasteiger partial charge in [-0.1, -0.05) is 30.3 Å². The summed E-state index contributed by atoms with van der Waals surface area (Å²) in [6, 6.07) is 11.9. The van der Waals surface area contributed by atoms with Crippen molar-refractivity contribution in [1.29, 1.82) is 5.26 Å². The van der Waals surface area contributed by atoms with Gasteiger partial charge in [0.15, 0.2) is 0 Å². The summed E-state index contributed by atoms with van der Waals surface area (Å²) in [5.74, 6) is 0.249. The first-order chi connectivity index (χ1) is 17.5. The SMILES string of the molecule is CN(C)C(=O)c1c(N(C)C=O)c(C#N)c(N2CCCN(C(=O)OC(C)(C)C)CC2)n1Cc1ccccc1. The molecule has 37 heavy (non-hydrogen) atoms. The van der Waals surface area contributed by atoms with Gasteiger partial charge < -0.3 is 28.9 Å². The number of ether oxygens (including phenoxy) is 1. The Morgan fingerprint density at radius 3 is 2.32 bits per heavy atom. The molecule has 10 nitrogen and oxygen atoms in total. The van der Waals surface area contributed by atoms with E-state index in [4.69, 9.17) is 4.74 Å². The molecule has 10 heteroatoms. The van der Waals surface area contributed by atoms with E-state index in [1.807, 2.05) is 60.6 Å². The van der Waals surface area contributed by atoms with Gasteiger partial charge in [-0.2, -0.15) is 5.26 Å². The van der Waals surface area contributed by atoms with Crippen LogP contribution in [0.25, 0.3) is 0 Å². The molecule has 0 N–H and O–H groups in total. The molecule has 0 atom stereocenters. The molecular weight excluding hydrogens is 472 g/mol. The van der Waals surface area contributed by atoms with Crippen molar-refractivity contribution in [2.24, 2.45) is 0 Å². The predicted molar refractivity (Wildman–Crippen MR) is 142 cm³/mol. The molecule has 3 rings (SSSR count). The van der Waals surface area contributed by atoms with Crippen LogP contribution in [0.15, 0.2) is 30.3 Å². The van der Waals surface area contributed by atoms with Crippen LogP contribution in [0.5, 0.6) is 0 Å². The van der Waals surface area contributed by atoms with Gasteiger partial charge in [0.2, 0.25) is 6.41 Å². The van der Waals surface area contributed by atoms with E-state index in [0.717, 1.165) is 5.56 Å². The van der Waals surface area contributed by atoms with E-state index in [-0.39, 0.29) is 28.9 Å². The largest absolute Gasteiger partial charge is 0.444 e. The highest BCUT2D eigenvalue weighted by Gasteiger charge is 2.34. The maximum Gasteiger partial charge on any atom is 0.410 e. The highest BCUT2D eigenvalue weighted by molar-refractivity contribution is 6.04. The monoisotopic (exact) mass is 508 g/mol. The van der Waals surface area contributed by atoms with Gasteiger partial charge >= 0.3 is 6.09 Å². The number of nitrogens with zero attached hydrogens (tertiary/aromatic N) is 6. The fraction of sp³-hybridized carbons (Fsp3) is 0.481. The maximum absolute atomic E-state index is 13.5. The summed E-state index contributed by atoms with van der Waals surface area (Å²) in [7, 11) is 4.82. The minimum absolute atomic E-state index is 0.251. The summed E-state index contributed by atoms with van der Waals surface area (Å²) < 4.78 is 7.39. The Kier molecular flexibility index (Phi) is 8.48. The fourth-order valence-electron chi connectivity index (χ4n) is 4.41. The van der Waals surface area contributed by atoms with Crippen LogP contribution in [-0.2, 0) is 16.1 Å². The second-order valence-electron chi connectivity index (χ2n) is 10.3. The van der Waals surface area contributed by atoms with E-state index in [0.29, 0.717) is 51.4 Å². The van der Waals surface area contributed by atoms with E-state index in [1.165, 1.54) is 9.80 Å². The van der Waals surface area contributed by atoms with Gasteiger partial charge in [0.25, 0.3) is 5.91 Å². The lowest BCUT2D eigenvalue weighted by Gasteiger charge is -2.27. The summed E-state index contributed by atoms with van der Waals surface area (Å²) in [4.78, 5) is 44.5. The number of benzene rings is 1. The molecule has 0 radical (unpaired) electrons. The highest BCUT2D eigenvalue weighted by atomic mass is 16.6. The molecule has 0 saturated carbocycles. The number of carbonyl (C=O) groups is 3. The fourth-order valence-corrected chi connectivity index (χ4v) is 4.41. The zero-order valence-electron chi connectivity index (χ0n) is 22.5. The minimum Gasteiger partial charge on any atom is -0.444 e. The van der Waals surface area contributed by atoms with E-state index in [9.17, 15) is 19.6 Å². The zero-order valence-corrected chi connectivity index (χ0v) is 22.5. The molecule has 1 fully saturated rings. The van der Waals surface area contributed by atoms with E-state index in [2.05, 4.69) is 6.07 Å². The van der Waals surface area contributed by atoms with Crippen molar-refractivity contribution < 1.29 is 19.1 Å². The molecule has 198 valence electrons. The molecule has 0 unspecified atom stereocenters. The van der Waals surface area contributed by atoms with Gasteiger partial charge in [-0.15, -0.1) is 0 Å². The summed E-state index contributed by atoms with van der Waals surface area (Å²) >= 11 is 0.